The minimum absolute atomic E-state index is 0. The van der Waals surface area contributed by atoms with E-state index in [9.17, 15) is 79.6 Å². The number of hydrogen-bond donors (Lipinski definition) is 0. The van der Waals surface area contributed by atoms with Crippen molar-refractivity contribution in [1.29, 1.82) is 0 Å². The molecule has 4 aromatic rings. The van der Waals surface area contributed by atoms with Gasteiger partial charge in [-0.1, -0.05) is 55.4 Å². The number of rotatable bonds is 42. The van der Waals surface area contributed by atoms with Crippen LogP contribution in [-0.4, -0.2) is 316 Å². The van der Waals surface area contributed by atoms with Crippen molar-refractivity contribution < 1.29 is 140 Å². The van der Waals surface area contributed by atoms with Gasteiger partial charge in [0.05, 0.1) is 48.8 Å². The van der Waals surface area contributed by atoms with Gasteiger partial charge in [-0.2, -0.15) is 59.8 Å². The molecule has 48 nitrogen and oxygen atoms in total. The number of carbonyl (C=O) groups excluding carboxylic acids is 8. The minimum atomic E-state index is -0.664. The number of aromatic nitrogens is 12. The Kier molecular flexibility index (Phi) is 61.8. The van der Waals surface area contributed by atoms with Crippen LogP contribution in [0.4, 0.5) is 71.4 Å². The van der Waals surface area contributed by atoms with Crippen LogP contribution in [0.2, 0.25) is 0 Å². The molecule has 0 atom stereocenters. The molecule has 0 aromatic carbocycles. The van der Waals surface area contributed by atoms with E-state index in [-0.39, 0.29) is 141 Å². The topological polar surface area (TPSA) is 588 Å². The number of carbonyl (C=O) groups is 8. The van der Waals surface area contributed by atoms with Gasteiger partial charge < -0.3 is 139 Å². The van der Waals surface area contributed by atoms with Crippen molar-refractivity contribution in [3.05, 3.63) is 20.8 Å². The van der Waals surface area contributed by atoms with Crippen LogP contribution in [0.5, 0.6) is 0 Å². The zero-order valence-corrected chi connectivity index (χ0v) is 82.1. The van der Waals surface area contributed by atoms with Crippen molar-refractivity contribution in [2.45, 2.75) is 239 Å². The van der Waals surface area contributed by atoms with Crippen LogP contribution < -0.4 is 79.9 Å². The number of esters is 8. The van der Waals surface area contributed by atoms with Crippen molar-refractivity contribution in [2.75, 3.05) is 194 Å². The smallest absolute Gasteiger partial charge is 0.852 e. The molecule has 0 aliphatic rings. The standard InChI is InChI=1S/2C32H52N12O10.4C3H7O.2Ti/c2*1-19(2)51-23(45)15-43(16-24(46)52-20(3)4)31-35-27(33-29(37-31)41(11)49)39(9)13-14-40(10)28-34-30(42(12)50)38-32(36-28)44(17-25(47)53-21(5)6)18-26(48)54-22(7)8;4*1-3(2)4;;/h2*19-22H,13-18H2,1-12H3;4*3H,1-2H3;;/q2*-2;4*-1;2*+4. The first kappa shape index (κ1) is 123. The molecular formula is C76H132N24O24Ti2. The molecule has 0 aliphatic carbocycles. The molecule has 4 heterocycles. The second kappa shape index (κ2) is 63.4. The molecule has 50 heteroatoms. The van der Waals surface area contributed by atoms with Gasteiger partial charge in [-0.3, -0.25) is 38.4 Å². The number of hydroxylamine groups is 4. The molecule has 0 N–H and O–H groups in total. The largest absolute Gasteiger partial charge is 4.00 e. The summed E-state index contributed by atoms with van der Waals surface area (Å²) in [5.74, 6) is -7.07. The molecule has 0 aliphatic heterocycles. The number of nitrogens with zero attached hydrogens (tertiary/aromatic N) is 24. The average Bonchev–Trinajstić information content (AvgIpc) is 0.826. The first-order valence-electron chi connectivity index (χ1n) is 39.9. The van der Waals surface area contributed by atoms with E-state index in [1.165, 1.54) is 47.8 Å². The van der Waals surface area contributed by atoms with Gasteiger partial charge >= 0.3 is 91.2 Å². The van der Waals surface area contributed by atoms with Gasteiger partial charge in [-0.15, -0.1) is 24.4 Å². The van der Waals surface area contributed by atoms with E-state index in [1.807, 2.05) is 0 Å². The molecule has 4 rings (SSSR count). The van der Waals surface area contributed by atoms with Crippen molar-refractivity contribution in [2.24, 2.45) is 0 Å². The predicted octanol–water partition coefficient (Wildman–Crippen LogP) is 0.848. The monoisotopic (exact) mass is 1860 g/mol. The Hall–Kier alpha value is -9.49. The number of ether oxygens (including phenoxy) is 8. The summed E-state index contributed by atoms with van der Waals surface area (Å²) in [6.07, 6.45) is -5.12. The zero-order valence-electron chi connectivity index (χ0n) is 78.9. The maximum atomic E-state index is 12.6. The Bertz CT molecular complexity index is 3240. The molecule has 0 saturated heterocycles. The van der Waals surface area contributed by atoms with E-state index in [1.54, 1.807) is 214 Å². The summed E-state index contributed by atoms with van der Waals surface area (Å²) in [4.78, 5) is 164. The Morgan fingerprint density at radius 2 is 0.310 bits per heavy atom. The fourth-order valence-corrected chi connectivity index (χ4v) is 8.62. The van der Waals surface area contributed by atoms with Crippen LogP contribution in [0.15, 0.2) is 0 Å². The molecule has 126 heavy (non-hydrogen) atoms. The molecule has 0 bridgehead atoms. The van der Waals surface area contributed by atoms with Crippen LogP contribution in [0.1, 0.15) is 166 Å². The van der Waals surface area contributed by atoms with Gasteiger partial charge in [0.2, 0.25) is 71.4 Å². The molecule has 0 saturated carbocycles. The van der Waals surface area contributed by atoms with E-state index < -0.39 is 173 Å². The Morgan fingerprint density at radius 1 is 0.214 bits per heavy atom. The zero-order chi connectivity index (χ0) is 96.0. The molecule has 0 radical (unpaired) electrons. The minimum Gasteiger partial charge on any atom is -0.852 e. The van der Waals surface area contributed by atoms with E-state index >= 15 is 0 Å². The fraction of sp³-hybridized carbons (Fsp3) is 0.737. The quantitative estimate of drug-likeness (QED) is 0.0257. The number of likely N-dealkylation sites (N-methyl/N-ethyl adjacent to an activating group) is 4. The normalized spacial score (nSPS) is 10.6. The third-order valence-corrected chi connectivity index (χ3v) is 13.1. The molecule has 0 spiro atoms. The number of anilines is 12. The SMILES string of the molecule is CC(C)OC(=O)CN(CC(=O)OC(C)C)c1nc(N(C)[O-])nc(N(C)CCN(C)c2nc(N(C)[O-])nc(N(CC(=O)OC(C)C)CC(=O)OC(C)C)n2)n1.CC(C)OC(=O)CN(CC(=O)OC(C)C)c1nc(N(C)[O-])nc(N(C)CCN(C)c2nc(N(C)[O-])nc(N(CC(=O)OC(C)C)CC(=O)OC(C)C)n2)n1.CC(C)[O-].CC(C)[O-].CC(C)[O-].CC(C)[O-].[Ti+4].[Ti+4]. The molecule has 0 fully saturated rings. The molecule has 0 unspecified atom stereocenters. The third kappa shape index (κ3) is 57.3. The van der Waals surface area contributed by atoms with Crippen molar-refractivity contribution in [3.8, 4) is 0 Å². The maximum absolute atomic E-state index is 12.6. The van der Waals surface area contributed by atoms with Crippen molar-refractivity contribution >= 4 is 119 Å². The van der Waals surface area contributed by atoms with Gasteiger partial charge in [-0.25, -0.2) is 0 Å². The molecule has 0 amide bonds. The summed E-state index contributed by atoms with van der Waals surface area (Å²) in [5, 5.41) is 89.4. The van der Waals surface area contributed by atoms with Crippen LogP contribution in [0.3, 0.4) is 0 Å². The van der Waals surface area contributed by atoms with Gasteiger partial charge in [0.25, 0.3) is 0 Å². The van der Waals surface area contributed by atoms with Gasteiger partial charge in [-0.05, 0) is 139 Å². The molecular weight excluding hydrogens is 1730 g/mol. The van der Waals surface area contributed by atoms with Gasteiger partial charge in [0.15, 0.2) is 0 Å². The summed E-state index contributed by atoms with van der Waals surface area (Å²) < 4.78 is 42.1. The summed E-state index contributed by atoms with van der Waals surface area (Å²) in [7, 11) is 11.2. The second-order valence-corrected chi connectivity index (χ2v) is 30.5. The van der Waals surface area contributed by atoms with Crippen LogP contribution in [-0.2, 0) is 120 Å². The van der Waals surface area contributed by atoms with E-state index in [2.05, 4.69) is 59.8 Å². The van der Waals surface area contributed by atoms with Crippen molar-refractivity contribution in [1.82, 2.24) is 59.8 Å². The Labute approximate surface area is 769 Å². The first-order valence-corrected chi connectivity index (χ1v) is 39.9. The summed E-state index contributed by atoms with van der Waals surface area (Å²) in [6.45, 7) is 36.9. The molecule has 4 aromatic heterocycles. The van der Waals surface area contributed by atoms with E-state index in [0.29, 0.717) is 20.3 Å². The van der Waals surface area contributed by atoms with Crippen LogP contribution in [0, 0.1) is 20.8 Å². The first-order chi connectivity index (χ1) is 57.2. The Morgan fingerprint density at radius 3 is 0.405 bits per heavy atom. The van der Waals surface area contributed by atoms with Crippen LogP contribution >= 0.6 is 0 Å². The maximum Gasteiger partial charge on any atom is 4.00 e. The second-order valence-electron chi connectivity index (χ2n) is 30.5. The summed E-state index contributed by atoms with van der Waals surface area (Å²) >= 11 is 0. The predicted molar refractivity (Wildman–Crippen MR) is 459 cm³/mol. The molecule has 708 valence electrons. The number of hydrogen-bond acceptors (Lipinski definition) is 48. The fourth-order valence-electron chi connectivity index (χ4n) is 8.62. The summed E-state index contributed by atoms with van der Waals surface area (Å²) in [6, 6.07) is 0. The van der Waals surface area contributed by atoms with E-state index in [0.717, 1.165) is 0 Å². The van der Waals surface area contributed by atoms with Gasteiger partial charge in [0.1, 0.15) is 52.4 Å². The van der Waals surface area contributed by atoms with Crippen molar-refractivity contribution in [3.63, 3.8) is 0 Å². The van der Waals surface area contributed by atoms with E-state index in [4.69, 9.17) is 37.9 Å². The van der Waals surface area contributed by atoms with Crippen LogP contribution in [0.25, 0.3) is 0 Å². The summed E-state index contributed by atoms with van der Waals surface area (Å²) in [5.41, 5.74) is 0. The third-order valence-electron chi connectivity index (χ3n) is 13.1. The Balaban J connectivity index is -0.000000992. The average molecular weight is 1860 g/mol. The van der Waals surface area contributed by atoms with Gasteiger partial charge in [0, 0.05) is 54.4 Å².